The Balaban J connectivity index is 2.88. The van der Waals surface area contributed by atoms with Crippen molar-refractivity contribution >= 4 is 11.6 Å². The van der Waals surface area contributed by atoms with Gasteiger partial charge in [-0.3, -0.25) is 0 Å². The van der Waals surface area contributed by atoms with Crippen LogP contribution in [0.15, 0.2) is 16.7 Å². The lowest BCUT2D eigenvalue weighted by Crippen LogP contribution is -2.17. The zero-order valence-corrected chi connectivity index (χ0v) is 6.71. The number of hydrazine groups is 1. The van der Waals surface area contributed by atoms with Crippen LogP contribution < -0.4 is 5.84 Å². The second kappa shape index (κ2) is 3.58. The summed E-state index contributed by atoms with van der Waals surface area (Å²) in [6, 6.07) is 0. The molecule has 9 heteroatoms. The smallest absolute Gasteiger partial charge is 0.358 e. The Bertz CT molecular complexity index is 329. The van der Waals surface area contributed by atoms with Crippen LogP contribution in [0.1, 0.15) is 0 Å². The molecule has 1 heterocycles. The number of nitro groups is 1. The molecule has 0 aliphatic carbocycles. The Hall–Kier alpha value is -2.03. The van der Waals surface area contributed by atoms with Crippen molar-refractivity contribution in [2.45, 2.75) is 0 Å². The fourth-order valence-electron chi connectivity index (χ4n) is 0.601. The van der Waals surface area contributed by atoms with Crippen LogP contribution in [0, 0.1) is 10.1 Å². The third-order valence-electron chi connectivity index (χ3n) is 1.06. The van der Waals surface area contributed by atoms with Crippen molar-refractivity contribution in [2.24, 2.45) is 16.2 Å². The molecule has 0 saturated carbocycles. The van der Waals surface area contributed by atoms with E-state index in [-0.39, 0.29) is 11.6 Å². The zero-order valence-electron chi connectivity index (χ0n) is 6.71. The van der Waals surface area contributed by atoms with Gasteiger partial charge in [0.15, 0.2) is 6.33 Å². The van der Waals surface area contributed by atoms with E-state index >= 15 is 0 Å². The van der Waals surface area contributed by atoms with Crippen LogP contribution in [0.4, 0.5) is 11.6 Å². The maximum Gasteiger partial charge on any atom is 0.369 e. The summed E-state index contributed by atoms with van der Waals surface area (Å²) in [4.78, 5) is 15.5. The molecule has 1 rings (SSSR count). The largest absolute Gasteiger partial charge is 0.369 e. The number of nitrogens with one attached hydrogen (secondary N) is 1. The standard InChI is InChI=1S/C4H7N7O2/c1-10(5)9-8-3-4(11(12)13)7-2-6-3/h2H,5H2,1H3,(H,6,7)/b9-8+. The molecule has 0 unspecified atom stereocenters. The van der Waals surface area contributed by atoms with E-state index in [1.807, 2.05) is 0 Å². The van der Waals surface area contributed by atoms with Gasteiger partial charge in [0.2, 0.25) is 0 Å². The molecule has 1 aromatic heterocycles. The van der Waals surface area contributed by atoms with Gasteiger partial charge in [-0.05, 0) is 4.92 Å². The van der Waals surface area contributed by atoms with Crippen LogP contribution in [0.5, 0.6) is 0 Å². The van der Waals surface area contributed by atoms with Gasteiger partial charge < -0.3 is 10.1 Å². The Morgan fingerprint density at radius 3 is 3.08 bits per heavy atom. The number of imidazole rings is 1. The maximum absolute atomic E-state index is 10.3. The van der Waals surface area contributed by atoms with Crippen molar-refractivity contribution in [3.05, 3.63) is 16.4 Å². The van der Waals surface area contributed by atoms with Crippen molar-refractivity contribution in [3.63, 3.8) is 0 Å². The van der Waals surface area contributed by atoms with Crippen molar-refractivity contribution in [1.82, 2.24) is 15.1 Å². The minimum Gasteiger partial charge on any atom is -0.358 e. The number of H-pyrrole nitrogens is 1. The van der Waals surface area contributed by atoms with Gasteiger partial charge in [-0.2, -0.15) is 4.98 Å². The van der Waals surface area contributed by atoms with E-state index in [4.69, 9.17) is 5.84 Å². The SMILES string of the molecule is CN(N)/N=N/c1nc[nH]c1[N+](=O)[O-]. The van der Waals surface area contributed by atoms with E-state index < -0.39 is 4.92 Å². The van der Waals surface area contributed by atoms with E-state index in [1.165, 1.54) is 7.05 Å². The molecule has 0 fully saturated rings. The van der Waals surface area contributed by atoms with Crippen molar-refractivity contribution in [2.75, 3.05) is 7.05 Å². The first-order chi connectivity index (χ1) is 6.11. The number of hydrogen-bond donors (Lipinski definition) is 2. The average Bonchev–Trinajstić information content (AvgIpc) is 2.47. The van der Waals surface area contributed by atoms with Gasteiger partial charge in [0.1, 0.15) is 0 Å². The third kappa shape index (κ3) is 2.20. The summed E-state index contributed by atoms with van der Waals surface area (Å²) in [5.74, 6) is 4.68. The van der Waals surface area contributed by atoms with Gasteiger partial charge in [-0.25, -0.2) is 15.9 Å². The Morgan fingerprint density at radius 2 is 2.54 bits per heavy atom. The molecule has 3 N–H and O–H groups in total. The second-order valence-corrected chi connectivity index (χ2v) is 2.09. The van der Waals surface area contributed by atoms with Crippen LogP contribution in [0.2, 0.25) is 0 Å². The average molecular weight is 185 g/mol. The fourth-order valence-corrected chi connectivity index (χ4v) is 0.601. The summed E-state index contributed by atoms with van der Waals surface area (Å²) in [5, 5.41) is 18.0. The molecule has 1 aromatic rings. The first-order valence-electron chi connectivity index (χ1n) is 3.19. The number of nitrogens with zero attached hydrogens (tertiary/aromatic N) is 5. The topological polar surface area (TPSA) is 126 Å². The summed E-state index contributed by atoms with van der Waals surface area (Å²) in [7, 11) is 1.43. The molecule has 0 atom stereocenters. The van der Waals surface area contributed by atoms with E-state index in [9.17, 15) is 10.1 Å². The lowest BCUT2D eigenvalue weighted by atomic mass is 10.7. The molecule has 0 aromatic carbocycles. The normalized spacial score (nSPS) is 10.6. The minimum atomic E-state index is -0.641. The summed E-state index contributed by atoms with van der Waals surface area (Å²) in [6.07, 6.45) is 1.16. The number of hydrogen-bond acceptors (Lipinski definition) is 6. The van der Waals surface area contributed by atoms with E-state index in [0.717, 1.165) is 11.4 Å². The van der Waals surface area contributed by atoms with Crippen LogP contribution in [0.25, 0.3) is 0 Å². The molecule has 0 spiro atoms. The van der Waals surface area contributed by atoms with Gasteiger partial charge in [0.05, 0.1) is 0 Å². The zero-order chi connectivity index (χ0) is 9.84. The molecule has 0 aliphatic rings. The summed E-state index contributed by atoms with van der Waals surface area (Å²) < 4.78 is 0. The number of rotatable bonds is 3. The molecular formula is C4H7N7O2. The molecule has 0 saturated heterocycles. The van der Waals surface area contributed by atoms with Gasteiger partial charge in [-0.15, -0.1) is 5.11 Å². The molecule has 9 nitrogen and oxygen atoms in total. The quantitative estimate of drug-likeness (QED) is 0.299. The Kier molecular flexibility index (Phi) is 2.50. The summed E-state index contributed by atoms with van der Waals surface area (Å²) in [5.41, 5.74) is 0. The Labute approximate surface area is 72.4 Å². The van der Waals surface area contributed by atoms with Crippen molar-refractivity contribution in [3.8, 4) is 0 Å². The number of aromatic amines is 1. The maximum atomic E-state index is 10.3. The summed E-state index contributed by atoms with van der Waals surface area (Å²) in [6.45, 7) is 0. The van der Waals surface area contributed by atoms with Crippen LogP contribution in [-0.4, -0.2) is 27.1 Å². The third-order valence-corrected chi connectivity index (χ3v) is 1.06. The Morgan fingerprint density at radius 1 is 1.85 bits per heavy atom. The highest BCUT2D eigenvalue weighted by molar-refractivity contribution is 5.44. The summed E-state index contributed by atoms with van der Waals surface area (Å²) >= 11 is 0. The van der Waals surface area contributed by atoms with Crippen molar-refractivity contribution < 1.29 is 4.92 Å². The molecule has 0 bridgehead atoms. The number of nitrogens with two attached hydrogens (primary N) is 1. The molecule has 0 amide bonds. The molecular weight excluding hydrogens is 178 g/mol. The monoisotopic (exact) mass is 185 g/mol. The number of aromatic nitrogens is 2. The van der Waals surface area contributed by atoms with Crippen LogP contribution in [-0.2, 0) is 0 Å². The first kappa shape index (κ1) is 9.06. The predicted molar refractivity (Wildman–Crippen MR) is 41.7 cm³/mol. The van der Waals surface area contributed by atoms with Gasteiger partial charge in [0, 0.05) is 7.05 Å². The minimum absolute atomic E-state index is 0.109. The van der Waals surface area contributed by atoms with Gasteiger partial charge in [-0.1, -0.05) is 5.22 Å². The molecule has 0 aliphatic heterocycles. The highest BCUT2D eigenvalue weighted by Crippen LogP contribution is 2.21. The van der Waals surface area contributed by atoms with Gasteiger partial charge in [0.25, 0.3) is 5.82 Å². The predicted octanol–water partition coefficient (Wildman–Crippen LogP) is 0.122. The first-order valence-corrected chi connectivity index (χ1v) is 3.19. The molecule has 70 valence electrons. The highest BCUT2D eigenvalue weighted by Gasteiger charge is 2.14. The fraction of sp³-hybridized carbons (Fsp3) is 0.250. The lowest BCUT2D eigenvalue weighted by Gasteiger charge is -1.98. The molecule has 0 radical (unpaired) electrons. The second-order valence-electron chi connectivity index (χ2n) is 2.09. The van der Waals surface area contributed by atoms with E-state index in [0.29, 0.717) is 0 Å². The lowest BCUT2D eigenvalue weighted by molar-refractivity contribution is -0.388. The van der Waals surface area contributed by atoms with E-state index in [2.05, 4.69) is 20.3 Å². The highest BCUT2D eigenvalue weighted by atomic mass is 16.6. The van der Waals surface area contributed by atoms with E-state index in [1.54, 1.807) is 0 Å². The van der Waals surface area contributed by atoms with Crippen LogP contribution >= 0.6 is 0 Å². The van der Waals surface area contributed by atoms with Gasteiger partial charge >= 0.3 is 5.82 Å². The van der Waals surface area contributed by atoms with Crippen LogP contribution in [0.3, 0.4) is 0 Å². The van der Waals surface area contributed by atoms with Crippen molar-refractivity contribution in [1.29, 1.82) is 0 Å². The molecule has 13 heavy (non-hydrogen) atoms.